The first-order valence-electron chi connectivity index (χ1n) is 9.77. The first kappa shape index (κ1) is 21.4. The number of nitrogens with zero attached hydrogens (tertiary/aromatic N) is 2. The van der Waals surface area contributed by atoms with Gasteiger partial charge in [-0.2, -0.15) is 0 Å². The molecule has 0 spiro atoms. The van der Waals surface area contributed by atoms with Gasteiger partial charge in [-0.3, -0.25) is 9.78 Å². The van der Waals surface area contributed by atoms with Gasteiger partial charge in [0.2, 0.25) is 10.0 Å². The summed E-state index contributed by atoms with van der Waals surface area (Å²) in [6.45, 7) is 5.05. The Hall–Kier alpha value is -2.29. The summed E-state index contributed by atoms with van der Waals surface area (Å²) in [5, 5.41) is 0. The summed E-state index contributed by atoms with van der Waals surface area (Å²) in [5.74, 6) is -0.231. The number of carbonyl (C=O) groups is 1. The number of ether oxygens (including phenoxy) is 1. The maximum atomic E-state index is 13.3. The zero-order valence-corrected chi connectivity index (χ0v) is 17.6. The molecule has 3 rings (SSSR count). The fourth-order valence-electron chi connectivity index (χ4n) is 3.32. The summed E-state index contributed by atoms with van der Waals surface area (Å²) in [7, 11) is -3.68. The van der Waals surface area contributed by atoms with Gasteiger partial charge in [-0.25, -0.2) is 13.1 Å². The summed E-state index contributed by atoms with van der Waals surface area (Å²) in [4.78, 5) is 19.2. The van der Waals surface area contributed by atoms with E-state index < -0.39 is 10.0 Å². The Morgan fingerprint density at radius 1 is 1.31 bits per heavy atom. The van der Waals surface area contributed by atoms with Crippen molar-refractivity contribution in [2.24, 2.45) is 0 Å². The number of nitrogens with one attached hydrogen (secondary N) is 1. The molecule has 0 bridgehead atoms. The minimum atomic E-state index is -3.68. The van der Waals surface area contributed by atoms with E-state index >= 15 is 0 Å². The molecule has 156 valence electrons. The van der Waals surface area contributed by atoms with Crippen LogP contribution in [0.2, 0.25) is 0 Å². The summed E-state index contributed by atoms with van der Waals surface area (Å²) >= 11 is 0. The van der Waals surface area contributed by atoms with Crippen molar-refractivity contribution >= 4 is 15.9 Å². The topological polar surface area (TPSA) is 88.6 Å². The zero-order chi connectivity index (χ0) is 20.9. The first-order valence-corrected chi connectivity index (χ1v) is 11.3. The summed E-state index contributed by atoms with van der Waals surface area (Å²) in [6.07, 6.45) is 5.29. The molecule has 1 aromatic heterocycles. The number of hydrogen-bond donors (Lipinski definition) is 1. The third-order valence-electron chi connectivity index (χ3n) is 4.61. The van der Waals surface area contributed by atoms with Crippen LogP contribution >= 0.6 is 0 Å². The Labute approximate surface area is 172 Å². The largest absolute Gasteiger partial charge is 0.376 e. The number of amides is 1. The molecular formula is C21H27N3O4S. The molecule has 0 saturated carbocycles. The summed E-state index contributed by atoms with van der Waals surface area (Å²) in [5.41, 5.74) is 1.24. The monoisotopic (exact) mass is 417 g/mol. The van der Waals surface area contributed by atoms with Crippen molar-refractivity contribution in [3.05, 3.63) is 59.9 Å². The third-order valence-corrected chi connectivity index (χ3v) is 6.27. The van der Waals surface area contributed by atoms with Crippen molar-refractivity contribution < 1.29 is 17.9 Å². The van der Waals surface area contributed by atoms with Gasteiger partial charge in [-0.15, -0.1) is 0 Å². The lowest BCUT2D eigenvalue weighted by molar-refractivity contribution is 0.0507. The second-order valence-electron chi connectivity index (χ2n) is 7.49. The molecule has 1 N–H and O–H groups in total. The van der Waals surface area contributed by atoms with Gasteiger partial charge in [-0.1, -0.05) is 12.1 Å². The van der Waals surface area contributed by atoms with Crippen LogP contribution in [0.25, 0.3) is 0 Å². The highest BCUT2D eigenvalue weighted by molar-refractivity contribution is 7.89. The quantitative estimate of drug-likeness (QED) is 0.713. The minimum Gasteiger partial charge on any atom is -0.376 e. The SMILES string of the molecule is CC(C)NS(=O)(=O)c1cccc(C(=O)N(Cc2cccnc2)CC2CCCO2)c1. The molecule has 1 unspecified atom stereocenters. The Kier molecular flexibility index (Phi) is 7.00. The van der Waals surface area contributed by atoms with E-state index in [2.05, 4.69) is 9.71 Å². The van der Waals surface area contributed by atoms with Crippen molar-refractivity contribution in [3.63, 3.8) is 0 Å². The van der Waals surface area contributed by atoms with E-state index in [0.29, 0.717) is 25.3 Å². The molecule has 7 nitrogen and oxygen atoms in total. The van der Waals surface area contributed by atoms with Crippen LogP contribution in [-0.2, 0) is 21.3 Å². The molecule has 1 aromatic carbocycles. The molecule has 8 heteroatoms. The van der Waals surface area contributed by atoms with E-state index in [1.54, 1.807) is 43.3 Å². The molecule has 1 fully saturated rings. The predicted molar refractivity (Wildman–Crippen MR) is 110 cm³/mol. The Balaban J connectivity index is 1.85. The van der Waals surface area contributed by atoms with Crippen molar-refractivity contribution in [3.8, 4) is 0 Å². The van der Waals surface area contributed by atoms with Gasteiger partial charge in [0.1, 0.15) is 0 Å². The highest BCUT2D eigenvalue weighted by atomic mass is 32.2. The minimum absolute atomic E-state index is 0.00913. The van der Waals surface area contributed by atoms with Crippen LogP contribution in [0.15, 0.2) is 53.7 Å². The van der Waals surface area contributed by atoms with E-state index in [1.807, 2.05) is 12.1 Å². The smallest absolute Gasteiger partial charge is 0.254 e. The zero-order valence-electron chi connectivity index (χ0n) is 16.7. The molecule has 0 radical (unpaired) electrons. The fraction of sp³-hybridized carbons (Fsp3) is 0.429. The van der Waals surface area contributed by atoms with Crippen LogP contribution in [0.4, 0.5) is 0 Å². The number of carbonyl (C=O) groups excluding carboxylic acids is 1. The van der Waals surface area contributed by atoms with Gasteiger partial charge in [0, 0.05) is 43.7 Å². The van der Waals surface area contributed by atoms with E-state index in [9.17, 15) is 13.2 Å². The summed E-state index contributed by atoms with van der Waals surface area (Å²) < 4.78 is 33.2. The molecule has 2 aromatic rings. The van der Waals surface area contributed by atoms with E-state index in [1.165, 1.54) is 12.1 Å². The number of pyridine rings is 1. The molecule has 1 atom stereocenters. The second kappa shape index (κ2) is 9.47. The lowest BCUT2D eigenvalue weighted by Gasteiger charge is -2.26. The van der Waals surface area contributed by atoms with Crippen LogP contribution < -0.4 is 4.72 Å². The van der Waals surface area contributed by atoms with Crippen LogP contribution in [0, 0.1) is 0 Å². The van der Waals surface area contributed by atoms with Crippen LogP contribution in [0.3, 0.4) is 0 Å². The van der Waals surface area contributed by atoms with E-state index in [4.69, 9.17) is 4.74 Å². The Bertz CT molecular complexity index is 926. The second-order valence-corrected chi connectivity index (χ2v) is 9.20. The molecular weight excluding hydrogens is 390 g/mol. The average molecular weight is 418 g/mol. The van der Waals surface area contributed by atoms with Crippen LogP contribution in [0.1, 0.15) is 42.6 Å². The molecule has 1 aliphatic rings. The van der Waals surface area contributed by atoms with E-state index in [-0.39, 0.29) is 22.9 Å². The fourth-order valence-corrected chi connectivity index (χ4v) is 4.62. The molecule has 0 aliphatic carbocycles. The molecule has 1 saturated heterocycles. The number of rotatable bonds is 8. The molecule has 29 heavy (non-hydrogen) atoms. The van der Waals surface area contributed by atoms with Gasteiger partial charge in [0.25, 0.3) is 5.91 Å². The van der Waals surface area contributed by atoms with Crippen molar-refractivity contribution in [1.29, 1.82) is 0 Å². The maximum Gasteiger partial charge on any atom is 0.254 e. The lowest BCUT2D eigenvalue weighted by Crippen LogP contribution is -2.37. The summed E-state index contributed by atoms with van der Waals surface area (Å²) in [6, 6.07) is 9.66. The molecule has 2 heterocycles. The van der Waals surface area contributed by atoms with Gasteiger partial charge in [0.05, 0.1) is 11.0 Å². The number of sulfonamides is 1. The maximum absolute atomic E-state index is 13.3. The molecule has 1 amide bonds. The van der Waals surface area contributed by atoms with Gasteiger partial charge >= 0.3 is 0 Å². The van der Waals surface area contributed by atoms with E-state index in [0.717, 1.165) is 18.4 Å². The lowest BCUT2D eigenvalue weighted by atomic mass is 10.1. The number of hydrogen-bond acceptors (Lipinski definition) is 5. The normalized spacial score (nSPS) is 16.9. The predicted octanol–water partition coefficient (Wildman–Crippen LogP) is 2.59. The van der Waals surface area contributed by atoms with Crippen molar-refractivity contribution in [2.75, 3.05) is 13.2 Å². The number of aromatic nitrogens is 1. The van der Waals surface area contributed by atoms with Crippen molar-refractivity contribution in [2.45, 2.75) is 50.3 Å². The average Bonchev–Trinajstić information content (AvgIpc) is 3.20. The molecule has 1 aliphatic heterocycles. The number of benzene rings is 1. The Morgan fingerprint density at radius 3 is 2.79 bits per heavy atom. The Morgan fingerprint density at radius 2 is 2.14 bits per heavy atom. The highest BCUT2D eigenvalue weighted by Gasteiger charge is 2.25. The highest BCUT2D eigenvalue weighted by Crippen LogP contribution is 2.19. The third kappa shape index (κ3) is 5.85. The van der Waals surface area contributed by atoms with Gasteiger partial charge < -0.3 is 9.64 Å². The van der Waals surface area contributed by atoms with Gasteiger partial charge in [-0.05, 0) is 56.5 Å². The van der Waals surface area contributed by atoms with Crippen molar-refractivity contribution in [1.82, 2.24) is 14.6 Å². The first-order chi connectivity index (χ1) is 13.8. The standard InChI is InChI=1S/C21H27N3O4S/c1-16(2)23-29(26,27)20-9-3-7-18(12-20)21(25)24(15-19-8-5-11-28-19)14-17-6-4-10-22-13-17/h3-4,6-7,9-10,12-13,16,19,23H,5,8,11,14-15H2,1-2H3. The van der Waals surface area contributed by atoms with Gasteiger partial charge in [0.15, 0.2) is 0 Å². The van der Waals surface area contributed by atoms with Crippen LogP contribution in [0.5, 0.6) is 0 Å². The van der Waals surface area contributed by atoms with Crippen LogP contribution in [-0.4, -0.2) is 49.5 Å².